The van der Waals surface area contributed by atoms with Crippen LogP contribution in [0.5, 0.6) is 0 Å². The molecule has 0 saturated heterocycles. The first kappa shape index (κ1) is 17.9. The van der Waals surface area contributed by atoms with Gasteiger partial charge in [-0.05, 0) is 38.0 Å². The number of aryl methyl sites for hydroxylation is 1. The summed E-state index contributed by atoms with van der Waals surface area (Å²) in [6.07, 6.45) is 5.99. The zero-order chi connectivity index (χ0) is 18.8. The topological polar surface area (TPSA) is 88.5 Å². The first-order chi connectivity index (χ1) is 13.1. The summed E-state index contributed by atoms with van der Waals surface area (Å²) in [4.78, 5) is 16.9. The van der Waals surface area contributed by atoms with Gasteiger partial charge < -0.3 is 0 Å². The third-order valence-electron chi connectivity index (χ3n) is 4.90. The van der Waals surface area contributed by atoms with Crippen LogP contribution < -0.4 is 5.32 Å². The van der Waals surface area contributed by atoms with Crippen LogP contribution in [0.15, 0.2) is 34.8 Å². The zero-order valence-corrected chi connectivity index (χ0v) is 16.7. The van der Waals surface area contributed by atoms with Crippen molar-refractivity contribution in [3.8, 4) is 11.4 Å². The fourth-order valence-electron chi connectivity index (χ4n) is 3.51. The molecule has 140 valence electrons. The number of benzene rings is 1. The van der Waals surface area contributed by atoms with Crippen LogP contribution in [0.4, 0.5) is 5.95 Å². The predicted molar refractivity (Wildman–Crippen MR) is 107 cm³/mol. The average molecular weight is 429 g/mol. The molecular formula is C19H21BrN6O. The van der Waals surface area contributed by atoms with Gasteiger partial charge in [0.1, 0.15) is 0 Å². The number of amides is 1. The Bertz CT molecular complexity index is 940. The van der Waals surface area contributed by atoms with Gasteiger partial charge in [0.25, 0.3) is 5.91 Å². The third-order valence-corrected chi connectivity index (χ3v) is 5.43. The van der Waals surface area contributed by atoms with E-state index in [2.05, 4.69) is 41.5 Å². The molecule has 27 heavy (non-hydrogen) atoms. The summed E-state index contributed by atoms with van der Waals surface area (Å²) in [5, 5.41) is 14.2. The third kappa shape index (κ3) is 3.95. The van der Waals surface area contributed by atoms with Gasteiger partial charge in [0.15, 0.2) is 11.5 Å². The second-order valence-corrected chi connectivity index (χ2v) is 7.79. The first-order valence-corrected chi connectivity index (χ1v) is 9.95. The molecule has 0 bridgehead atoms. The SMILES string of the molecule is Cc1cc(C(=O)Nc2n[nH]c(-c3ccc(Br)cc3)n2)nn1C1CCCCC1. The number of aromatic amines is 1. The van der Waals surface area contributed by atoms with Gasteiger partial charge in [-0.2, -0.15) is 10.1 Å². The van der Waals surface area contributed by atoms with Gasteiger partial charge in [-0.15, -0.1) is 5.10 Å². The maximum absolute atomic E-state index is 12.6. The van der Waals surface area contributed by atoms with E-state index in [1.54, 1.807) is 0 Å². The number of anilines is 1. The maximum Gasteiger partial charge on any atom is 0.278 e. The van der Waals surface area contributed by atoms with Crippen molar-refractivity contribution < 1.29 is 4.79 Å². The first-order valence-electron chi connectivity index (χ1n) is 9.16. The monoisotopic (exact) mass is 428 g/mol. The molecule has 2 aromatic heterocycles. The van der Waals surface area contributed by atoms with Gasteiger partial charge in [0.05, 0.1) is 6.04 Å². The van der Waals surface area contributed by atoms with E-state index in [-0.39, 0.29) is 11.9 Å². The molecular weight excluding hydrogens is 408 g/mol. The summed E-state index contributed by atoms with van der Waals surface area (Å²) in [6, 6.07) is 9.92. The van der Waals surface area contributed by atoms with Crippen LogP contribution in [-0.4, -0.2) is 30.9 Å². The fraction of sp³-hybridized carbons (Fsp3) is 0.368. The molecule has 7 nitrogen and oxygen atoms in total. The highest BCUT2D eigenvalue weighted by atomic mass is 79.9. The molecule has 4 rings (SSSR count). The number of hydrogen-bond acceptors (Lipinski definition) is 4. The standard InChI is InChI=1S/C19H21BrN6O/c1-12-11-16(25-26(12)15-5-3-2-4-6-15)18(27)22-19-21-17(23-24-19)13-7-9-14(20)10-8-13/h7-11,15H,2-6H2,1H3,(H2,21,22,23,24,27). The summed E-state index contributed by atoms with van der Waals surface area (Å²) < 4.78 is 2.99. The summed E-state index contributed by atoms with van der Waals surface area (Å²) in [5.41, 5.74) is 2.30. The predicted octanol–water partition coefficient (Wildman–Crippen LogP) is 4.50. The summed E-state index contributed by atoms with van der Waals surface area (Å²) in [7, 11) is 0. The van der Waals surface area contributed by atoms with Crippen LogP contribution in [0.3, 0.4) is 0 Å². The second-order valence-electron chi connectivity index (χ2n) is 6.88. The van der Waals surface area contributed by atoms with Gasteiger partial charge in [-0.25, -0.2) is 0 Å². The molecule has 8 heteroatoms. The van der Waals surface area contributed by atoms with Crippen LogP contribution in [0.2, 0.25) is 0 Å². The highest BCUT2D eigenvalue weighted by Gasteiger charge is 2.21. The van der Waals surface area contributed by atoms with Crippen molar-refractivity contribution in [2.45, 2.75) is 45.1 Å². The van der Waals surface area contributed by atoms with Crippen molar-refractivity contribution in [3.63, 3.8) is 0 Å². The molecule has 1 saturated carbocycles. The summed E-state index contributed by atoms with van der Waals surface area (Å²) in [5.74, 6) is 0.540. The van der Waals surface area contributed by atoms with Gasteiger partial charge in [-0.3, -0.25) is 19.9 Å². The Kier molecular flexibility index (Phi) is 5.07. The number of nitrogens with one attached hydrogen (secondary N) is 2. The number of carbonyl (C=O) groups excluding carboxylic acids is 1. The van der Waals surface area contributed by atoms with E-state index >= 15 is 0 Å². The fourth-order valence-corrected chi connectivity index (χ4v) is 3.78. The minimum absolute atomic E-state index is 0.239. The zero-order valence-electron chi connectivity index (χ0n) is 15.1. The molecule has 3 aromatic rings. The Morgan fingerprint density at radius 2 is 1.96 bits per heavy atom. The number of aromatic nitrogens is 5. The number of hydrogen-bond donors (Lipinski definition) is 2. The number of carbonyl (C=O) groups is 1. The van der Waals surface area contributed by atoms with E-state index in [4.69, 9.17) is 0 Å². The lowest BCUT2D eigenvalue weighted by atomic mass is 9.95. The van der Waals surface area contributed by atoms with Crippen LogP contribution in [0.25, 0.3) is 11.4 Å². The molecule has 2 heterocycles. The highest BCUT2D eigenvalue weighted by molar-refractivity contribution is 9.10. The highest BCUT2D eigenvalue weighted by Crippen LogP contribution is 2.29. The van der Waals surface area contributed by atoms with E-state index < -0.39 is 0 Å². The number of H-pyrrole nitrogens is 1. The Morgan fingerprint density at radius 1 is 1.22 bits per heavy atom. The van der Waals surface area contributed by atoms with E-state index in [1.165, 1.54) is 19.3 Å². The minimum atomic E-state index is -0.297. The summed E-state index contributed by atoms with van der Waals surface area (Å²) >= 11 is 3.41. The number of nitrogens with zero attached hydrogens (tertiary/aromatic N) is 4. The van der Waals surface area contributed by atoms with Crippen LogP contribution in [-0.2, 0) is 0 Å². The van der Waals surface area contributed by atoms with Gasteiger partial charge in [0, 0.05) is 15.7 Å². The van der Waals surface area contributed by atoms with Gasteiger partial charge in [-0.1, -0.05) is 47.3 Å². The Labute approximate surface area is 165 Å². The normalized spacial score (nSPS) is 15.0. The lowest BCUT2D eigenvalue weighted by Crippen LogP contribution is -2.18. The van der Waals surface area contributed by atoms with Crippen molar-refractivity contribution in [1.29, 1.82) is 0 Å². The molecule has 1 amide bonds. The molecule has 1 aromatic carbocycles. The molecule has 0 radical (unpaired) electrons. The molecule has 1 aliphatic carbocycles. The Balaban J connectivity index is 1.47. The van der Waals surface area contributed by atoms with Gasteiger partial charge >= 0.3 is 0 Å². The van der Waals surface area contributed by atoms with E-state index in [1.807, 2.05) is 41.9 Å². The minimum Gasteiger partial charge on any atom is -0.288 e. The maximum atomic E-state index is 12.6. The molecule has 0 spiro atoms. The Hall–Kier alpha value is -2.48. The molecule has 1 fully saturated rings. The van der Waals surface area contributed by atoms with Crippen molar-refractivity contribution >= 4 is 27.8 Å². The van der Waals surface area contributed by atoms with Crippen LogP contribution in [0, 0.1) is 6.92 Å². The average Bonchev–Trinajstić information content (AvgIpc) is 3.30. The van der Waals surface area contributed by atoms with Gasteiger partial charge in [0.2, 0.25) is 5.95 Å². The lowest BCUT2D eigenvalue weighted by Gasteiger charge is -2.23. The van der Waals surface area contributed by atoms with Crippen LogP contribution >= 0.6 is 15.9 Å². The molecule has 0 aliphatic heterocycles. The molecule has 2 N–H and O–H groups in total. The molecule has 0 unspecified atom stereocenters. The number of rotatable bonds is 4. The van der Waals surface area contributed by atoms with E-state index in [9.17, 15) is 4.79 Å². The summed E-state index contributed by atoms with van der Waals surface area (Å²) in [6.45, 7) is 2.00. The van der Waals surface area contributed by atoms with Crippen molar-refractivity contribution in [2.75, 3.05) is 5.32 Å². The largest absolute Gasteiger partial charge is 0.288 e. The second kappa shape index (κ2) is 7.64. The lowest BCUT2D eigenvalue weighted by molar-refractivity contribution is 0.102. The molecule has 1 aliphatic rings. The quantitative estimate of drug-likeness (QED) is 0.640. The van der Waals surface area contributed by atoms with Crippen molar-refractivity contribution in [3.05, 3.63) is 46.2 Å². The Morgan fingerprint density at radius 3 is 2.70 bits per heavy atom. The number of halogens is 1. The molecule has 0 atom stereocenters. The smallest absolute Gasteiger partial charge is 0.278 e. The van der Waals surface area contributed by atoms with E-state index in [0.717, 1.165) is 28.6 Å². The van der Waals surface area contributed by atoms with Crippen LogP contribution in [0.1, 0.15) is 54.3 Å². The van der Waals surface area contributed by atoms with Crippen molar-refractivity contribution in [1.82, 2.24) is 25.0 Å². The van der Waals surface area contributed by atoms with E-state index in [0.29, 0.717) is 17.6 Å². The van der Waals surface area contributed by atoms with Crippen molar-refractivity contribution in [2.24, 2.45) is 0 Å².